The summed E-state index contributed by atoms with van der Waals surface area (Å²) in [5.74, 6) is -1.17. The number of rotatable bonds is 7. The molecule has 0 aliphatic carbocycles. The minimum Gasteiger partial charge on any atom is -0.490 e. The van der Waals surface area contributed by atoms with E-state index in [0.29, 0.717) is 35.8 Å². The Labute approximate surface area is 145 Å². The van der Waals surface area contributed by atoms with Crippen molar-refractivity contribution in [2.75, 3.05) is 13.2 Å². The molecule has 25 heavy (non-hydrogen) atoms. The number of hydrogen-bond acceptors (Lipinski definition) is 3. The molecule has 0 aliphatic heterocycles. The fourth-order valence-electron chi connectivity index (χ4n) is 2.34. The summed E-state index contributed by atoms with van der Waals surface area (Å²) >= 11 is 0. The molecule has 134 valence electrons. The topological polar surface area (TPSA) is 47.6 Å². The molecule has 2 aromatic carbocycles. The molecule has 1 N–H and O–H groups in total. The van der Waals surface area contributed by atoms with Crippen LogP contribution in [0.2, 0.25) is 0 Å². The molecule has 0 aromatic heterocycles. The van der Waals surface area contributed by atoms with Crippen molar-refractivity contribution in [1.82, 2.24) is 5.32 Å². The van der Waals surface area contributed by atoms with Crippen molar-refractivity contribution < 1.29 is 23.0 Å². The summed E-state index contributed by atoms with van der Waals surface area (Å²) in [5.41, 5.74) is 0.865. The lowest BCUT2D eigenvalue weighted by atomic mass is 10.1. The first kappa shape index (κ1) is 18.7. The van der Waals surface area contributed by atoms with E-state index in [1.807, 2.05) is 13.8 Å². The van der Waals surface area contributed by atoms with Crippen LogP contribution < -0.4 is 14.8 Å². The largest absolute Gasteiger partial charge is 0.490 e. The van der Waals surface area contributed by atoms with Crippen LogP contribution in [0.15, 0.2) is 36.4 Å². The summed E-state index contributed by atoms with van der Waals surface area (Å²) in [7, 11) is 0. The van der Waals surface area contributed by atoms with E-state index in [0.717, 1.165) is 12.1 Å². The van der Waals surface area contributed by atoms with Gasteiger partial charge in [0.15, 0.2) is 23.1 Å². The molecular weight excluding hydrogens is 328 g/mol. The molecule has 0 fully saturated rings. The maximum Gasteiger partial charge on any atom is 0.251 e. The first-order chi connectivity index (χ1) is 12.0. The molecule has 1 unspecified atom stereocenters. The Morgan fingerprint density at radius 2 is 1.68 bits per heavy atom. The van der Waals surface area contributed by atoms with E-state index in [4.69, 9.17) is 9.47 Å². The van der Waals surface area contributed by atoms with E-state index in [-0.39, 0.29) is 5.91 Å². The highest BCUT2D eigenvalue weighted by atomic mass is 19.2. The minimum atomic E-state index is -0.946. The van der Waals surface area contributed by atoms with Crippen LogP contribution in [0.3, 0.4) is 0 Å². The third-order valence-electron chi connectivity index (χ3n) is 3.60. The molecule has 0 heterocycles. The molecule has 6 heteroatoms. The summed E-state index contributed by atoms with van der Waals surface area (Å²) in [4.78, 5) is 12.4. The molecular formula is C19H21F2NO3. The monoisotopic (exact) mass is 349 g/mol. The van der Waals surface area contributed by atoms with Gasteiger partial charge in [-0.1, -0.05) is 6.07 Å². The Kier molecular flexibility index (Phi) is 6.33. The second kappa shape index (κ2) is 8.46. The van der Waals surface area contributed by atoms with E-state index in [1.54, 1.807) is 25.1 Å². The van der Waals surface area contributed by atoms with Gasteiger partial charge in [-0.2, -0.15) is 0 Å². The van der Waals surface area contributed by atoms with E-state index in [1.165, 1.54) is 6.07 Å². The van der Waals surface area contributed by atoms with E-state index < -0.39 is 17.7 Å². The zero-order valence-electron chi connectivity index (χ0n) is 14.4. The number of carbonyl (C=O) groups is 1. The van der Waals surface area contributed by atoms with Crippen molar-refractivity contribution in [2.24, 2.45) is 0 Å². The third kappa shape index (κ3) is 4.68. The number of carbonyl (C=O) groups excluding carboxylic acids is 1. The van der Waals surface area contributed by atoms with Gasteiger partial charge in [0.05, 0.1) is 19.3 Å². The summed E-state index contributed by atoms with van der Waals surface area (Å²) < 4.78 is 37.3. The predicted molar refractivity (Wildman–Crippen MR) is 91.0 cm³/mol. The normalized spacial score (nSPS) is 11.7. The number of hydrogen-bond donors (Lipinski definition) is 1. The highest BCUT2D eigenvalue weighted by Gasteiger charge is 2.15. The van der Waals surface area contributed by atoms with E-state index >= 15 is 0 Å². The standard InChI is InChI=1S/C19H21F2NO3/c1-4-24-17-9-7-14(11-18(17)25-5-2)19(23)22-12(3)13-6-8-15(20)16(21)10-13/h6-12H,4-5H2,1-3H3,(H,22,23). The maximum absolute atomic E-state index is 13.3. The molecule has 0 spiro atoms. The van der Waals surface area contributed by atoms with Crippen LogP contribution in [-0.4, -0.2) is 19.1 Å². The zero-order chi connectivity index (χ0) is 18.4. The molecule has 1 atom stereocenters. The van der Waals surface area contributed by atoms with Crippen LogP contribution >= 0.6 is 0 Å². The highest BCUT2D eigenvalue weighted by molar-refractivity contribution is 5.95. The van der Waals surface area contributed by atoms with Crippen molar-refractivity contribution in [3.63, 3.8) is 0 Å². The number of amides is 1. The average molecular weight is 349 g/mol. The van der Waals surface area contributed by atoms with Gasteiger partial charge in [-0.3, -0.25) is 4.79 Å². The lowest BCUT2D eigenvalue weighted by Gasteiger charge is -2.16. The molecule has 2 aromatic rings. The Balaban J connectivity index is 2.16. The quantitative estimate of drug-likeness (QED) is 0.813. The molecule has 0 saturated heterocycles. The number of halogens is 2. The van der Waals surface area contributed by atoms with Gasteiger partial charge in [-0.25, -0.2) is 8.78 Å². The number of nitrogens with one attached hydrogen (secondary N) is 1. The summed E-state index contributed by atoms with van der Waals surface area (Å²) in [6.07, 6.45) is 0. The van der Waals surface area contributed by atoms with Crippen molar-refractivity contribution in [3.8, 4) is 11.5 Å². The van der Waals surface area contributed by atoms with Crippen LogP contribution in [0.1, 0.15) is 42.7 Å². The van der Waals surface area contributed by atoms with Crippen molar-refractivity contribution >= 4 is 5.91 Å². The minimum absolute atomic E-state index is 0.346. The first-order valence-electron chi connectivity index (χ1n) is 8.11. The summed E-state index contributed by atoms with van der Waals surface area (Å²) in [6.45, 7) is 6.32. The van der Waals surface area contributed by atoms with Crippen LogP contribution in [-0.2, 0) is 0 Å². The number of ether oxygens (including phenoxy) is 2. The van der Waals surface area contributed by atoms with Crippen molar-refractivity contribution in [3.05, 3.63) is 59.2 Å². The van der Waals surface area contributed by atoms with Gasteiger partial charge in [-0.05, 0) is 56.7 Å². The van der Waals surface area contributed by atoms with Crippen LogP contribution in [0.25, 0.3) is 0 Å². The Morgan fingerprint density at radius 1 is 1.00 bits per heavy atom. The fourth-order valence-corrected chi connectivity index (χ4v) is 2.34. The Morgan fingerprint density at radius 3 is 2.32 bits per heavy atom. The Hall–Kier alpha value is -2.63. The van der Waals surface area contributed by atoms with Crippen LogP contribution in [0, 0.1) is 11.6 Å². The first-order valence-corrected chi connectivity index (χ1v) is 8.11. The van der Waals surface area contributed by atoms with E-state index in [2.05, 4.69) is 5.32 Å². The highest BCUT2D eigenvalue weighted by Crippen LogP contribution is 2.29. The Bertz CT molecular complexity index is 749. The van der Waals surface area contributed by atoms with Crippen LogP contribution in [0.4, 0.5) is 8.78 Å². The second-order valence-corrected chi connectivity index (χ2v) is 5.40. The predicted octanol–water partition coefficient (Wildman–Crippen LogP) is 4.25. The summed E-state index contributed by atoms with van der Waals surface area (Å²) in [5, 5.41) is 2.76. The van der Waals surface area contributed by atoms with Gasteiger partial charge in [0, 0.05) is 5.56 Å². The zero-order valence-corrected chi connectivity index (χ0v) is 14.4. The van der Waals surface area contributed by atoms with Gasteiger partial charge in [-0.15, -0.1) is 0 Å². The fraction of sp³-hybridized carbons (Fsp3) is 0.316. The van der Waals surface area contributed by atoms with Gasteiger partial charge >= 0.3 is 0 Å². The molecule has 4 nitrogen and oxygen atoms in total. The van der Waals surface area contributed by atoms with Crippen molar-refractivity contribution in [2.45, 2.75) is 26.8 Å². The molecule has 2 rings (SSSR count). The molecule has 0 aliphatic rings. The lowest BCUT2D eigenvalue weighted by Crippen LogP contribution is -2.26. The molecule has 0 radical (unpaired) electrons. The van der Waals surface area contributed by atoms with E-state index in [9.17, 15) is 13.6 Å². The SMILES string of the molecule is CCOc1ccc(C(=O)NC(C)c2ccc(F)c(F)c2)cc1OCC. The number of benzene rings is 2. The van der Waals surface area contributed by atoms with Gasteiger partial charge in [0.25, 0.3) is 5.91 Å². The molecule has 0 bridgehead atoms. The second-order valence-electron chi connectivity index (χ2n) is 5.40. The molecule has 1 amide bonds. The maximum atomic E-state index is 13.3. The third-order valence-corrected chi connectivity index (χ3v) is 3.60. The van der Waals surface area contributed by atoms with Gasteiger partial charge in [0.2, 0.25) is 0 Å². The summed E-state index contributed by atoms with van der Waals surface area (Å²) in [6, 6.07) is 7.97. The van der Waals surface area contributed by atoms with Crippen LogP contribution in [0.5, 0.6) is 11.5 Å². The molecule has 0 saturated carbocycles. The van der Waals surface area contributed by atoms with Crippen molar-refractivity contribution in [1.29, 1.82) is 0 Å². The van der Waals surface area contributed by atoms with Gasteiger partial charge in [0.1, 0.15) is 0 Å². The smallest absolute Gasteiger partial charge is 0.251 e. The average Bonchev–Trinajstić information content (AvgIpc) is 2.59. The lowest BCUT2D eigenvalue weighted by molar-refractivity contribution is 0.0939. The van der Waals surface area contributed by atoms with Gasteiger partial charge < -0.3 is 14.8 Å².